The lowest BCUT2D eigenvalue weighted by molar-refractivity contribution is 0.300. The highest BCUT2D eigenvalue weighted by Crippen LogP contribution is 2.06. The number of rotatable bonds is 3. The normalized spacial score (nSPS) is 12.6. The molecule has 0 aromatic carbocycles. The van der Waals surface area contributed by atoms with Gasteiger partial charge >= 0.3 is 0 Å². The summed E-state index contributed by atoms with van der Waals surface area (Å²) in [6, 6.07) is 0. The van der Waals surface area contributed by atoms with Crippen LogP contribution >= 0.6 is 11.8 Å². The van der Waals surface area contributed by atoms with Gasteiger partial charge in [-0.05, 0) is 0 Å². The van der Waals surface area contributed by atoms with E-state index in [1.807, 2.05) is 6.92 Å². The van der Waals surface area contributed by atoms with Crippen LogP contribution in [0.15, 0.2) is 0 Å². The maximum atomic E-state index is 8.47. The first-order valence-corrected chi connectivity index (χ1v) is 3.52. The SMILES string of the molecule is C#CCSC(C)CO. The fourth-order valence-corrected chi connectivity index (χ4v) is 0.729. The van der Waals surface area contributed by atoms with E-state index in [-0.39, 0.29) is 11.9 Å². The van der Waals surface area contributed by atoms with Crippen LogP contribution < -0.4 is 0 Å². The number of aliphatic hydroxyl groups is 1. The molecule has 0 saturated carbocycles. The molecule has 2 heteroatoms. The van der Waals surface area contributed by atoms with Crippen LogP contribution in [-0.4, -0.2) is 22.7 Å². The van der Waals surface area contributed by atoms with E-state index in [2.05, 4.69) is 5.92 Å². The average molecular weight is 130 g/mol. The predicted molar refractivity (Wildman–Crippen MR) is 37.8 cm³/mol. The van der Waals surface area contributed by atoms with Crippen molar-refractivity contribution >= 4 is 11.8 Å². The smallest absolute Gasteiger partial charge is 0.0548 e. The quantitative estimate of drug-likeness (QED) is 0.568. The Hall–Kier alpha value is -0.130. The Balaban J connectivity index is 3.01. The molecule has 0 fully saturated rings. The Morgan fingerprint density at radius 2 is 2.50 bits per heavy atom. The fourth-order valence-electron chi connectivity index (χ4n) is 0.243. The van der Waals surface area contributed by atoms with Crippen molar-refractivity contribution in [3.05, 3.63) is 0 Å². The minimum Gasteiger partial charge on any atom is -0.395 e. The van der Waals surface area contributed by atoms with E-state index in [4.69, 9.17) is 11.5 Å². The molecule has 0 saturated heterocycles. The minimum atomic E-state index is 0.215. The maximum absolute atomic E-state index is 8.47. The molecule has 46 valence electrons. The van der Waals surface area contributed by atoms with Crippen LogP contribution in [0.3, 0.4) is 0 Å². The zero-order chi connectivity index (χ0) is 6.41. The van der Waals surface area contributed by atoms with Gasteiger partial charge in [0.25, 0.3) is 0 Å². The van der Waals surface area contributed by atoms with Gasteiger partial charge < -0.3 is 5.11 Å². The molecule has 0 bridgehead atoms. The van der Waals surface area contributed by atoms with E-state index in [1.165, 1.54) is 0 Å². The van der Waals surface area contributed by atoms with Crippen molar-refractivity contribution < 1.29 is 5.11 Å². The molecule has 1 N–H and O–H groups in total. The summed E-state index contributed by atoms with van der Waals surface area (Å²) in [5, 5.41) is 8.76. The summed E-state index contributed by atoms with van der Waals surface area (Å²) in [5.41, 5.74) is 0. The number of terminal acetylenes is 1. The topological polar surface area (TPSA) is 20.2 Å². The van der Waals surface area contributed by atoms with E-state index in [0.29, 0.717) is 5.75 Å². The zero-order valence-corrected chi connectivity index (χ0v) is 5.74. The van der Waals surface area contributed by atoms with E-state index in [9.17, 15) is 0 Å². The Morgan fingerprint density at radius 3 is 2.88 bits per heavy atom. The molecule has 0 aromatic rings. The summed E-state index contributed by atoms with van der Waals surface area (Å²) >= 11 is 1.59. The third-order valence-electron chi connectivity index (χ3n) is 0.708. The van der Waals surface area contributed by atoms with Crippen molar-refractivity contribution in [3.8, 4) is 12.3 Å². The molecular weight excluding hydrogens is 120 g/mol. The fraction of sp³-hybridized carbons (Fsp3) is 0.667. The first-order chi connectivity index (χ1) is 3.81. The highest BCUT2D eigenvalue weighted by molar-refractivity contribution is 8.00. The Kier molecular flexibility index (Phi) is 4.93. The Morgan fingerprint density at radius 1 is 1.88 bits per heavy atom. The molecule has 0 aromatic heterocycles. The summed E-state index contributed by atoms with van der Waals surface area (Å²) in [4.78, 5) is 0. The van der Waals surface area contributed by atoms with Gasteiger partial charge in [0.15, 0.2) is 0 Å². The van der Waals surface area contributed by atoms with Gasteiger partial charge in [0.05, 0.1) is 12.4 Å². The maximum Gasteiger partial charge on any atom is 0.0548 e. The van der Waals surface area contributed by atoms with E-state index >= 15 is 0 Å². The van der Waals surface area contributed by atoms with E-state index in [1.54, 1.807) is 11.8 Å². The molecule has 0 amide bonds. The third kappa shape index (κ3) is 4.04. The molecule has 1 atom stereocenters. The van der Waals surface area contributed by atoms with Gasteiger partial charge in [-0.15, -0.1) is 18.2 Å². The number of thioether (sulfide) groups is 1. The molecule has 0 aliphatic carbocycles. The predicted octanol–water partition coefficient (Wildman–Crippen LogP) is 0.734. The second-order valence-corrected chi connectivity index (χ2v) is 2.94. The molecule has 0 spiro atoms. The van der Waals surface area contributed by atoms with Crippen LogP contribution in [0.1, 0.15) is 6.92 Å². The molecule has 1 unspecified atom stereocenters. The van der Waals surface area contributed by atoms with Gasteiger partial charge in [-0.1, -0.05) is 12.8 Å². The summed E-state index contributed by atoms with van der Waals surface area (Å²) in [6.45, 7) is 2.16. The molecule has 0 radical (unpaired) electrons. The van der Waals surface area contributed by atoms with Crippen LogP contribution in [0.4, 0.5) is 0 Å². The van der Waals surface area contributed by atoms with Crippen LogP contribution in [-0.2, 0) is 0 Å². The van der Waals surface area contributed by atoms with E-state index in [0.717, 1.165) is 0 Å². The van der Waals surface area contributed by atoms with Crippen molar-refractivity contribution in [2.75, 3.05) is 12.4 Å². The van der Waals surface area contributed by atoms with Gasteiger partial charge in [0.2, 0.25) is 0 Å². The van der Waals surface area contributed by atoms with Crippen molar-refractivity contribution in [1.82, 2.24) is 0 Å². The monoisotopic (exact) mass is 130 g/mol. The molecule has 0 heterocycles. The molecule has 0 aliphatic heterocycles. The average Bonchev–Trinajstić information content (AvgIpc) is 1.83. The second-order valence-electron chi connectivity index (χ2n) is 1.51. The van der Waals surface area contributed by atoms with Crippen molar-refractivity contribution in [1.29, 1.82) is 0 Å². The summed E-state index contributed by atoms with van der Waals surface area (Å²) in [5.74, 6) is 3.18. The molecule has 1 nitrogen and oxygen atoms in total. The van der Waals surface area contributed by atoms with Crippen molar-refractivity contribution in [2.45, 2.75) is 12.2 Å². The van der Waals surface area contributed by atoms with Gasteiger partial charge in [0, 0.05) is 5.25 Å². The standard InChI is InChI=1S/C6H10OS/c1-3-4-8-6(2)5-7/h1,6-7H,4-5H2,2H3. The number of aliphatic hydroxyl groups excluding tert-OH is 1. The van der Waals surface area contributed by atoms with Crippen LogP contribution in [0.5, 0.6) is 0 Å². The third-order valence-corrected chi connectivity index (χ3v) is 1.76. The van der Waals surface area contributed by atoms with Crippen LogP contribution in [0, 0.1) is 12.3 Å². The highest BCUT2D eigenvalue weighted by atomic mass is 32.2. The molecule has 8 heavy (non-hydrogen) atoms. The lowest BCUT2D eigenvalue weighted by Gasteiger charge is -2.01. The zero-order valence-electron chi connectivity index (χ0n) is 4.92. The van der Waals surface area contributed by atoms with Gasteiger partial charge in [-0.3, -0.25) is 0 Å². The first-order valence-electron chi connectivity index (χ1n) is 2.47. The Labute approximate surface area is 54.5 Å². The van der Waals surface area contributed by atoms with Crippen molar-refractivity contribution in [2.24, 2.45) is 0 Å². The molecule has 0 aliphatic rings. The second kappa shape index (κ2) is 5.02. The van der Waals surface area contributed by atoms with Crippen molar-refractivity contribution in [3.63, 3.8) is 0 Å². The minimum absolute atomic E-state index is 0.215. The van der Waals surface area contributed by atoms with E-state index < -0.39 is 0 Å². The first kappa shape index (κ1) is 7.87. The summed E-state index contributed by atoms with van der Waals surface area (Å²) in [6.07, 6.45) is 4.98. The van der Waals surface area contributed by atoms with Crippen LogP contribution in [0.25, 0.3) is 0 Å². The van der Waals surface area contributed by atoms with Crippen LogP contribution in [0.2, 0.25) is 0 Å². The van der Waals surface area contributed by atoms with Gasteiger partial charge in [-0.2, -0.15) is 0 Å². The summed E-state index contributed by atoms with van der Waals surface area (Å²) < 4.78 is 0. The van der Waals surface area contributed by atoms with Gasteiger partial charge in [-0.25, -0.2) is 0 Å². The largest absolute Gasteiger partial charge is 0.395 e. The summed E-state index contributed by atoms with van der Waals surface area (Å²) in [7, 11) is 0. The molecule has 0 rings (SSSR count). The number of hydrogen-bond acceptors (Lipinski definition) is 2. The lowest BCUT2D eigenvalue weighted by atomic mass is 10.5. The van der Waals surface area contributed by atoms with Gasteiger partial charge in [0.1, 0.15) is 0 Å². The highest BCUT2D eigenvalue weighted by Gasteiger charge is 1.95. The molecular formula is C6H10OS. The Bertz CT molecular complexity index is 85.0. The lowest BCUT2D eigenvalue weighted by Crippen LogP contribution is -2.01. The number of hydrogen-bond donors (Lipinski definition) is 1.